The fourth-order valence-electron chi connectivity index (χ4n) is 2.19. The summed E-state index contributed by atoms with van der Waals surface area (Å²) >= 11 is 0. The van der Waals surface area contributed by atoms with Crippen LogP contribution in [0.5, 0.6) is 5.75 Å². The quantitative estimate of drug-likeness (QED) is 0.897. The first kappa shape index (κ1) is 13.2. The van der Waals surface area contributed by atoms with Gasteiger partial charge in [-0.15, -0.1) is 13.2 Å². The number of aryl methyl sites for hydroxylation is 1. The Hall–Kier alpha value is -1.23. The third-order valence-electron chi connectivity index (χ3n) is 3.16. The number of hydrogen-bond donors (Lipinski definition) is 1. The van der Waals surface area contributed by atoms with Crippen molar-refractivity contribution in [2.24, 2.45) is 5.92 Å². The zero-order valence-electron chi connectivity index (χ0n) is 9.96. The van der Waals surface area contributed by atoms with Crippen LogP contribution in [-0.4, -0.2) is 19.5 Å². The van der Waals surface area contributed by atoms with Crippen LogP contribution in [0.25, 0.3) is 0 Å². The normalized spacial score (nSPS) is 20.1. The Morgan fingerprint density at radius 2 is 1.94 bits per heavy atom. The molecule has 1 N–H and O–H groups in total. The molecule has 1 saturated heterocycles. The molecule has 0 bridgehead atoms. The minimum atomic E-state index is -4.61. The van der Waals surface area contributed by atoms with Gasteiger partial charge in [0.1, 0.15) is 5.75 Å². The maximum Gasteiger partial charge on any atom is 0.573 e. The van der Waals surface area contributed by atoms with Crippen LogP contribution in [0.15, 0.2) is 24.3 Å². The first-order valence-corrected chi connectivity index (χ1v) is 6.08. The number of benzene rings is 1. The molecule has 0 aliphatic carbocycles. The molecule has 0 saturated carbocycles. The largest absolute Gasteiger partial charge is 0.573 e. The van der Waals surface area contributed by atoms with Gasteiger partial charge >= 0.3 is 6.36 Å². The van der Waals surface area contributed by atoms with Crippen molar-refractivity contribution in [3.63, 3.8) is 0 Å². The number of ether oxygens (including phenoxy) is 1. The van der Waals surface area contributed by atoms with Gasteiger partial charge < -0.3 is 10.1 Å². The van der Waals surface area contributed by atoms with E-state index in [1.807, 2.05) is 0 Å². The molecule has 1 aliphatic heterocycles. The molecule has 1 aromatic carbocycles. The van der Waals surface area contributed by atoms with Crippen LogP contribution in [-0.2, 0) is 6.42 Å². The molecule has 1 fully saturated rings. The highest BCUT2D eigenvalue weighted by molar-refractivity contribution is 5.27. The SMILES string of the molecule is FC(F)(F)Oc1ccc(CC[C@H]2CCNC2)cc1. The van der Waals surface area contributed by atoms with Crippen LogP contribution in [0.3, 0.4) is 0 Å². The zero-order valence-corrected chi connectivity index (χ0v) is 9.96. The van der Waals surface area contributed by atoms with Gasteiger partial charge in [-0.3, -0.25) is 0 Å². The smallest absolute Gasteiger partial charge is 0.406 e. The lowest BCUT2D eigenvalue weighted by Crippen LogP contribution is -2.17. The van der Waals surface area contributed by atoms with E-state index in [9.17, 15) is 13.2 Å². The van der Waals surface area contributed by atoms with E-state index in [1.54, 1.807) is 12.1 Å². The molecule has 1 heterocycles. The fraction of sp³-hybridized carbons (Fsp3) is 0.538. The summed E-state index contributed by atoms with van der Waals surface area (Å²) in [5.41, 5.74) is 1.05. The predicted octanol–water partition coefficient (Wildman–Crippen LogP) is 3.13. The summed E-state index contributed by atoms with van der Waals surface area (Å²) in [5.74, 6) is 0.532. The van der Waals surface area contributed by atoms with Crippen molar-refractivity contribution in [1.82, 2.24) is 5.32 Å². The van der Waals surface area contributed by atoms with E-state index in [0.29, 0.717) is 5.92 Å². The monoisotopic (exact) mass is 259 g/mol. The lowest BCUT2D eigenvalue weighted by atomic mass is 9.99. The van der Waals surface area contributed by atoms with E-state index < -0.39 is 6.36 Å². The number of alkyl halides is 3. The third-order valence-corrected chi connectivity index (χ3v) is 3.16. The van der Waals surface area contributed by atoms with E-state index in [2.05, 4.69) is 10.1 Å². The Labute approximate surface area is 104 Å². The van der Waals surface area contributed by atoms with E-state index in [4.69, 9.17) is 0 Å². The minimum absolute atomic E-state index is 0.159. The van der Waals surface area contributed by atoms with Gasteiger partial charge in [0, 0.05) is 0 Å². The fourth-order valence-corrected chi connectivity index (χ4v) is 2.19. The molecule has 1 atom stereocenters. The Morgan fingerprint density at radius 3 is 2.50 bits per heavy atom. The average molecular weight is 259 g/mol. The summed E-state index contributed by atoms with van der Waals surface area (Å²) in [6, 6.07) is 6.14. The maximum absolute atomic E-state index is 12.0. The lowest BCUT2D eigenvalue weighted by molar-refractivity contribution is -0.274. The number of halogens is 3. The van der Waals surface area contributed by atoms with Crippen LogP contribution in [0.4, 0.5) is 13.2 Å². The second kappa shape index (κ2) is 5.61. The molecule has 0 amide bonds. The molecule has 100 valence electrons. The minimum Gasteiger partial charge on any atom is -0.406 e. The van der Waals surface area contributed by atoms with Crippen LogP contribution < -0.4 is 10.1 Å². The van der Waals surface area contributed by atoms with Crippen LogP contribution >= 0.6 is 0 Å². The van der Waals surface area contributed by atoms with E-state index in [1.165, 1.54) is 18.6 Å². The van der Waals surface area contributed by atoms with Crippen molar-refractivity contribution in [1.29, 1.82) is 0 Å². The van der Waals surface area contributed by atoms with Gasteiger partial charge in [-0.2, -0.15) is 0 Å². The average Bonchev–Trinajstić information content (AvgIpc) is 2.79. The Kier molecular flexibility index (Phi) is 4.11. The first-order valence-electron chi connectivity index (χ1n) is 6.08. The second-order valence-electron chi connectivity index (χ2n) is 4.59. The number of hydrogen-bond acceptors (Lipinski definition) is 2. The molecule has 0 unspecified atom stereocenters. The number of rotatable bonds is 4. The van der Waals surface area contributed by atoms with Gasteiger partial charge in [0.25, 0.3) is 0 Å². The second-order valence-corrected chi connectivity index (χ2v) is 4.59. The van der Waals surface area contributed by atoms with Crippen molar-refractivity contribution in [2.75, 3.05) is 13.1 Å². The van der Waals surface area contributed by atoms with Crippen molar-refractivity contribution >= 4 is 0 Å². The van der Waals surface area contributed by atoms with Crippen molar-refractivity contribution in [3.8, 4) is 5.75 Å². The molecule has 2 rings (SSSR count). The zero-order chi connectivity index (χ0) is 13.0. The highest BCUT2D eigenvalue weighted by atomic mass is 19.4. The summed E-state index contributed by atoms with van der Waals surface area (Å²) in [4.78, 5) is 0. The van der Waals surface area contributed by atoms with Gasteiger partial charge in [-0.1, -0.05) is 12.1 Å². The lowest BCUT2D eigenvalue weighted by Gasteiger charge is -2.10. The molecule has 5 heteroatoms. The molecular formula is C13H16F3NO. The Bertz CT molecular complexity index is 369. The van der Waals surface area contributed by atoms with Gasteiger partial charge in [0.2, 0.25) is 0 Å². The maximum atomic E-state index is 12.0. The predicted molar refractivity (Wildman–Crippen MR) is 62.4 cm³/mol. The number of nitrogens with one attached hydrogen (secondary N) is 1. The van der Waals surface area contributed by atoms with Crippen molar-refractivity contribution in [2.45, 2.75) is 25.6 Å². The van der Waals surface area contributed by atoms with E-state index in [0.717, 1.165) is 31.5 Å². The van der Waals surface area contributed by atoms with Crippen molar-refractivity contribution in [3.05, 3.63) is 29.8 Å². The molecule has 1 aromatic rings. The van der Waals surface area contributed by atoms with Gasteiger partial charge in [0.05, 0.1) is 0 Å². The molecule has 18 heavy (non-hydrogen) atoms. The van der Waals surface area contributed by atoms with E-state index >= 15 is 0 Å². The van der Waals surface area contributed by atoms with Gasteiger partial charge in [-0.05, 0) is 56.0 Å². The summed E-state index contributed by atoms with van der Waals surface area (Å²) in [6.07, 6.45) is -1.45. The molecule has 0 aromatic heterocycles. The van der Waals surface area contributed by atoms with E-state index in [-0.39, 0.29) is 5.75 Å². The van der Waals surface area contributed by atoms with Gasteiger partial charge in [-0.25, -0.2) is 0 Å². The van der Waals surface area contributed by atoms with Crippen LogP contribution in [0.2, 0.25) is 0 Å². The van der Waals surface area contributed by atoms with Crippen LogP contribution in [0.1, 0.15) is 18.4 Å². The summed E-state index contributed by atoms with van der Waals surface area (Å²) in [5, 5.41) is 3.30. The van der Waals surface area contributed by atoms with Crippen LogP contribution in [0, 0.1) is 5.92 Å². The summed E-state index contributed by atoms with van der Waals surface area (Å²) in [7, 11) is 0. The molecule has 0 spiro atoms. The third kappa shape index (κ3) is 4.22. The molecule has 1 aliphatic rings. The molecule has 2 nitrogen and oxygen atoms in total. The standard InChI is InChI=1S/C13H16F3NO/c14-13(15,16)18-12-5-3-10(4-6-12)1-2-11-7-8-17-9-11/h3-6,11,17H,1-2,7-9H2/t11-/m0/s1. The topological polar surface area (TPSA) is 21.3 Å². The highest BCUT2D eigenvalue weighted by Gasteiger charge is 2.30. The Balaban J connectivity index is 1.83. The molecule has 0 radical (unpaired) electrons. The molecular weight excluding hydrogens is 243 g/mol. The van der Waals surface area contributed by atoms with Crippen molar-refractivity contribution < 1.29 is 17.9 Å². The summed E-state index contributed by atoms with van der Waals surface area (Å²) in [6.45, 7) is 2.12. The summed E-state index contributed by atoms with van der Waals surface area (Å²) < 4.78 is 39.7. The highest BCUT2D eigenvalue weighted by Crippen LogP contribution is 2.23. The van der Waals surface area contributed by atoms with Gasteiger partial charge in [0.15, 0.2) is 0 Å². The first-order chi connectivity index (χ1) is 8.53. The Morgan fingerprint density at radius 1 is 1.22 bits per heavy atom.